The molecular weight excluding hydrogens is 360 g/mol. The third-order valence-corrected chi connectivity index (χ3v) is 6.34. The Hall–Kier alpha value is -2.37. The van der Waals surface area contributed by atoms with Gasteiger partial charge in [0.25, 0.3) is 0 Å². The molecule has 0 bridgehead atoms. The van der Waals surface area contributed by atoms with Crippen LogP contribution in [0.3, 0.4) is 0 Å². The van der Waals surface area contributed by atoms with E-state index in [4.69, 9.17) is 0 Å². The molecule has 158 valence electrons. The summed E-state index contributed by atoms with van der Waals surface area (Å²) in [5, 5.41) is 15.3. The van der Waals surface area contributed by atoms with Crippen molar-refractivity contribution >= 4 is 5.96 Å². The van der Waals surface area contributed by atoms with Gasteiger partial charge in [-0.1, -0.05) is 57.9 Å². The van der Waals surface area contributed by atoms with Crippen LogP contribution in [0.25, 0.3) is 0 Å². The third kappa shape index (κ3) is 4.80. The van der Waals surface area contributed by atoms with E-state index in [2.05, 4.69) is 70.9 Å². The molecule has 1 aliphatic carbocycles. The van der Waals surface area contributed by atoms with Crippen LogP contribution >= 0.6 is 0 Å². The Balaban J connectivity index is 1.67. The molecule has 0 saturated heterocycles. The SMILES string of the molecule is CN=C(NCc1nnc(C)n1C)NCC1(c2ccc(C(C)(C)C)cc2)CCCC1. The van der Waals surface area contributed by atoms with Crippen LogP contribution in [-0.4, -0.2) is 34.3 Å². The lowest BCUT2D eigenvalue weighted by molar-refractivity contribution is 0.431. The summed E-state index contributed by atoms with van der Waals surface area (Å²) in [5.41, 5.74) is 3.19. The van der Waals surface area contributed by atoms with Gasteiger partial charge >= 0.3 is 0 Å². The van der Waals surface area contributed by atoms with Gasteiger partial charge in [-0.15, -0.1) is 10.2 Å². The van der Waals surface area contributed by atoms with E-state index in [1.807, 2.05) is 25.6 Å². The first-order chi connectivity index (χ1) is 13.7. The Labute approximate surface area is 175 Å². The Morgan fingerprint density at radius 3 is 2.28 bits per heavy atom. The molecule has 0 atom stereocenters. The first-order valence-corrected chi connectivity index (χ1v) is 10.7. The highest BCUT2D eigenvalue weighted by molar-refractivity contribution is 5.79. The third-order valence-electron chi connectivity index (χ3n) is 6.34. The van der Waals surface area contributed by atoms with E-state index in [-0.39, 0.29) is 10.8 Å². The van der Waals surface area contributed by atoms with Crippen molar-refractivity contribution in [2.24, 2.45) is 12.0 Å². The summed E-state index contributed by atoms with van der Waals surface area (Å²) in [4.78, 5) is 4.41. The zero-order valence-corrected chi connectivity index (χ0v) is 18.8. The van der Waals surface area contributed by atoms with Crippen LogP contribution in [0.4, 0.5) is 0 Å². The summed E-state index contributed by atoms with van der Waals surface area (Å²) >= 11 is 0. The van der Waals surface area contributed by atoms with Gasteiger partial charge in [-0.05, 0) is 36.3 Å². The Kier molecular flexibility index (Phi) is 6.30. The summed E-state index contributed by atoms with van der Waals surface area (Å²) in [5.74, 6) is 2.62. The minimum atomic E-state index is 0.176. The molecule has 6 heteroatoms. The second-order valence-corrected chi connectivity index (χ2v) is 9.32. The Morgan fingerprint density at radius 1 is 1.10 bits per heavy atom. The quantitative estimate of drug-likeness (QED) is 0.599. The van der Waals surface area contributed by atoms with Crippen molar-refractivity contribution in [2.45, 2.75) is 70.8 Å². The number of aryl methyl sites for hydroxylation is 1. The number of hydrogen-bond acceptors (Lipinski definition) is 3. The van der Waals surface area contributed by atoms with Gasteiger partial charge in [-0.25, -0.2) is 0 Å². The number of aromatic nitrogens is 3. The topological polar surface area (TPSA) is 67.1 Å². The van der Waals surface area contributed by atoms with E-state index in [9.17, 15) is 0 Å². The van der Waals surface area contributed by atoms with Crippen LogP contribution in [0.15, 0.2) is 29.3 Å². The van der Waals surface area contributed by atoms with Gasteiger partial charge in [0, 0.05) is 26.1 Å². The Morgan fingerprint density at radius 2 is 1.76 bits per heavy atom. The average molecular weight is 397 g/mol. The monoisotopic (exact) mass is 396 g/mol. The number of benzene rings is 1. The predicted octanol–water partition coefficient (Wildman–Crippen LogP) is 3.60. The molecular formula is C23H36N6. The van der Waals surface area contributed by atoms with Gasteiger partial charge in [-0.3, -0.25) is 4.99 Å². The zero-order valence-electron chi connectivity index (χ0n) is 18.8. The van der Waals surface area contributed by atoms with Crippen molar-refractivity contribution in [1.29, 1.82) is 0 Å². The molecule has 3 rings (SSSR count). The minimum absolute atomic E-state index is 0.176. The number of aliphatic imine (C=N–C) groups is 1. The highest BCUT2D eigenvalue weighted by Gasteiger charge is 2.35. The van der Waals surface area contributed by atoms with Crippen LogP contribution in [0.5, 0.6) is 0 Å². The van der Waals surface area contributed by atoms with Gasteiger partial charge in [0.05, 0.1) is 6.54 Å². The van der Waals surface area contributed by atoms with Crippen molar-refractivity contribution in [1.82, 2.24) is 25.4 Å². The van der Waals surface area contributed by atoms with Crippen LogP contribution < -0.4 is 10.6 Å². The first-order valence-electron chi connectivity index (χ1n) is 10.7. The van der Waals surface area contributed by atoms with Crippen LogP contribution in [0.2, 0.25) is 0 Å². The number of nitrogens with zero attached hydrogens (tertiary/aromatic N) is 4. The molecule has 0 aliphatic heterocycles. The lowest BCUT2D eigenvalue weighted by Crippen LogP contribution is -2.44. The van der Waals surface area contributed by atoms with Gasteiger partial charge < -0.3 is 15.2 Å². The molecule has 1 aliphatic rings. The van der Waals surface area contributed by atoms with Gasteiger partial charge in [0.2, 0.25) is 0 Å². The standard InChI is InChI=1S/C23H36N6/c1-17-27-28-20(29(17)6)15-25-21(24-5)26-16-23(13-7-8-14-23)19-11-9-18(10-12-19)22(2,3)4/h9-12H,7-8,13-16H2,1-6H3,(H2,24,25,26). The first kappa shape index (κ1) is 21.3. The maximum Gasteiger partial charge on any atom is 0.191 e. The van der Waals surface area contributed by atoms with E-state index in [1.165, 1.54) is 36.8 Å². The zero-order chi connectivity index (χ0) is 21.1. The van der Waals surface area contributed by atoms with E-state index < -0.39 is 0 Å². The molecule has 29 heavy (non-hydrogen) atoms. The summed E-state index contributed by atoms with van der Waals surface area (Å²) in [7, 11) is 3.80. The molecule has 2 aromatic rings. The predicted molar refractivity (Wildman–Crippen MR) is 119 cm³/mol. The fourth-order valence-electron chi connectivity index (χ4n) is 4.18. The molecule has 1 aromatic heterocycles. The maximum atomic E-state index is 4.41. The average Bonchev–Trinajstić information content (AvgIpc) is 3.30. The molecule has 1 saturated carbocycles. The smallest absolute Gasteiger partial charge is 0.191 e. The highest BCUT2D eigenvalue weighted by atomic mass is 15.3. The number of hydrogen-bond donors (Lipinski definition) is 2. The van der Waals surface area contributed by atoms with Crippen molar-refractivity contribution in [3.63, 3.8) is 0 Å². The van der Waals surface area contributed by atoms with Crippen LogP contribution in [0, 0.1) is 6.92 Å². The number of rotatable bonds is 5. The van der Waals surface area contributed by atoms with E-state index in [0.29, 0.717) is 6.54 Å². The maximum absolute atomic E-state index is 4.41. The summed E-state index contributed by atoms with van der Waals surface area (Å²) < 4.78 is 2.00. The van der Waals surface area contributed by atoms with Gasteiger partial charge in [0.1, 0.15) is 5.82 Å². The molecule has 1 aromatic carbocycles. The van der Waals surface area contributed by atoms with Gasteiger partial charge in [-0.2, -0.15) is 0 Å². The second-order valence-electron chi connectivity index (χ2n) is 9.32. The molecule has 0 spiro atoms. The van der Waals surface area contributed by atoms with Crippen molar-refractivity contribution in [2.75, 3.05) is 13.6 Å². The van der Waals surface area contributed by atoms with E-state index in [1.54, 1.807) is 0 Å². The molecule has 0 radical (unpaired) electrons. The fourth-order valence-corrected chi connectivity index (χ4v) is 4.18. The molecule has 6 nitrogen and oxygen atoms in total. The van der Waals surface area contributed by atoms with E-state index in [0.717, 1.165) is 24.2 Å². The lowest BCUT2D eigenvalue weighted by Gasteiger charge is -2.31. The summed E-state index contributed by atoms with van der Waals surface area (Å²) in [6.45, 7) is 10.2. The second kappa shape index (κ2) is 8.56. The number of guanidine groups is 1. The lowest BCUT2D eigenvalue weighted by atomic mass is 9.77. The largest absolute Gasteiger partial charge is 0.356 e. The van der Waals surface area contributed by atoms with Crippen LogP contribution in [0.1, 0.15) is 69.2 Å². The molecule has 2 N–H and O–H groups in total. The fraction of sp³-hybridized carbons (Fsp3) is 0.609. The van der Waals surface area contributed by atoms with Crippen molar-refractivity contribution < 1.29 is 0 Å². The molecule has 0 amide bonds. The molecule has 0 unspecified atom stereocenters. The van der Waals surface area contributed by atoms with Crippen molar-refractivity contribution in [3.8, 4) is 0 Å². The highest BCUT2D eigenvalue weighted by Crippen LogP contribution is 2.41. The van der Waals surface area contributed by atoms with Crippen LogP contribution in [-0.2, 0) is 24.4 Å². The molecule has 1 fully saturated rings. The van der Waals surface area contributed by atoms with Gasteiger partial charge in [0.15, 0.2) is 11.8 Å². The summed E-state index contributed by atoms with van der Waals surface area (Å²) in [6.07, 6.45) is 5.00. The summed E-state index contributed by atoms with van der Waals surface area (Å²) in [6, 6.07) is 9.29. The minimum Gasteiger partial charge on any atom is -0.356 e. The normalized spacial score (nSPS) is 16.8. The van der Waals surface area contributed by atoms with Crippen molar-refractivity contribution in [3.05, 3.63) is 47.0 Å². The number of nitrogens with one attached hydrogen (secondary N) is 2. The molecule has 1 heterocycles. The Bertz CT molecular complexity index is 835. The van der Waals surface area contributed by atoms with E-state index >= 15 is 0 Å².